The highest BCUT2D eigenvalue weighted by atomic mass is 16.5. The van der Waals surface area contributed by atoms with Gasteiger partial charge in [0.25, 0.3) is 0 Å². The van der Waals surface area contributed by atoms with E-state index in [1.807, 2.05) is 19.1 Å². The summed E-state index contributed by atoms with van der Waals surface area (Å²) in [6.45, 7) is 5.45. The number of ether oxygens (including phenoxy) is 1. The fourth-order valence-electron chi connectivity index (χ4n) is 1.25. The van der Waals surface area contributed by atoms with Crippen molar-refractivity contribution in [1.29, 1.82) is 0 Å². The van der Waals surface area contributed by atoms with Crippen LogP contribution in [0.15, 0.2) is 36.4 Å². The van der Waals surface area contributed by atoms with Crippen molar-refractivity contribution in [3.05, 3.63) is 42.0 Å². The van der Waals surface area contributed by atoms with Gasteiger partial charge in [-0.05, 0) is 19.1 Å². The van der Waals surface area contributed by atoms with E-state index in [0.29, 0.717) is 5.69 Å². The number of carbonyl (C=O) groups is 2. The summed E-state index contributed by atoms with van der Waals surface area (Å²) in [5.41, 5.74) is 1.94. The second kappa shape index (κ2) is 5.84. The van der Waals surface area contributed by atoms with E-state index in [4.69, 9.17) is 0 Å². The van der Waals surface area contributed by atoms with Crippen LogP contribution in [0.25, 0.3) is 0 Å². The van der Waals surface area contributed by atoms with Crippen LogP contribution in [0, 0.1) is 6.92 Å². The van der Waals surface area contributed by atoms with E-state index in [1.165, 1.54) is 7.11 Å². The summed E-state index contributed by atoms with van der Waals surface area (Å²) in [5, 5.41) is 2.67. The van der Waals surface area contributed by atoms with Crippen molar-refractivity contribution in [3.8, 4) is 0 Å². The summed E-state index contributed by atoms with van der Waals surface area (Å²) >= 11 is 0. The molecule has 0 aliphatic carbocycles. The third-order valence-electron chi connectivity index (χ3n) is 2.18. The number of hydrogen-bond acceptors (Lipinski definition) is 3. The molecule has 0 unspecified atom stereocenters. The van der Waals surface area contributed by atoms with Crippen molar-refractivity contribution < 1.29 is 14.3 Å². The van der Waals surface area contributed by atoms with Gasteiger partial charge in [0, 0.05) is 11.3 Å². The van der Waals surface area contributed by atoms with Crippen LogP contribution < -0.4 is 5.32 Å². The topological polar surface area (TPSA) is 55.4 Å². The van der Waals surface area contributed by atoms with Gasteiger partial charge in [-0.3, -0.25) is 4.79 Å². The van der Waals surface area contributed by atoms with Gasteiger partial charge in [0.15, 0.2) is 0 Å². The minimum absolute atomic E-state index is 0.0689. The molecule has 0 bridgehead atoms. The van der Waals surface area contributed by atoms with Crippen molar-refractivity contribution in [2.45, 2.75) is 13.3 Å². The fourth-order valence-corrected chi connectivity index (χ4v) is 1.25. The Morgan fingerprint density at radius 1 is 1.29 bits per heavy atom. The molecule has 4 heteroatoms. The van der Waals surface area contributed by atoms with Crippen molar-refractivity contribution in [2.75, 3.05) is 12.4 Å². The average molecular weight is 233 g/mol. The van der Waals surface area contributed by atoms with E-state index < -0.39 is 5.97 Å². The Kier molecular flexibility index (Phi) is 4.46. The predicted octanol–water partition coefficient (Wildman–Crippen LogP) is 2.05. The molecule has 0 aliphatic heterocycles. The number of carbonyl (C=O) groups excluding carboxylic acids is 2. The van der Waals surface area contributed by atoms with Crippen molar-refractivity contribution >= 4 is 17.6 Å². The maximum atomic E-state index is 11.5. The minimum atomic E-state index is -0.566. The van der Waals surface area contributed by atoms with E-state index in [0.717, 1.165) is 5.56 Å². The zero-order valence-corrected chi connectivity index (χ0v) is 9.95. The third-order valence-corrected chi connectivity index (χ3v) is 2.18. The SMILES string of the molecule is C=C(CC(=O)Nc1ccc(C)cc1)C(=O)OC. The second-order valence-corrected chi connectivity index (χ2v) is 3.69. The van der Waals surface area contributed by atoms with Crippen molar-refractivity contribution in [1.82, 2.24) is 0 Å². The fraction of sp³-hybridized carbons (Fsp3) is 0.231. The molecule has 0 radical (unpaired) electrons. The Morgan fingerprint density at radius 3 is 2.41 bits per heavy atom. The van der Waals surface area contributed by atoms with Gasteiger partial charge in [0.1, 0.15) is 0 Å². The summed E-state index contributed by atoms with van der Waals surface area (Å²) in [6.07, 6.45) is -0.0689. The number of anilines is 1. The maximum Gasteiger partial charge on any atom is 0.333 e. The first-order valence-corrected chi connectivity index (χ1v) is 5.15. The van der Waals surface area contributed by atoms with Gasteiger partial charge in [-0.15, -0.1) is 0 Å². The monoisotopic (exact) mass is 233 g/mol. The molecule has 0 saturated carbocycles. The minimum Gasteiger partial charge on any atom is -0.466 e. The second-order valence-electron chi connectivity index (χ2n) is 3.69. The van der Waals surface area contributed by atoms with E-state index in [-0.39, 0.29) is 17.9 Å². The molecule has 0 atom stereocenters. The molecule has 0 heterocycles. The van der Waals surface area contributed by atoms with Crippen LogP contribution >= 0.6 is 0 Å². The quantitative estimate of drug-likeness (QED) is 0.639. The van der Waals surface area contributed by atoms with Crippen LogP contribution in [-0.2, 0) is 14.3 Å². The average Bonchev–Trinajstić information content (AvgIpc) is 2.30. The first-order chi connectivity index (χ1) is 8.02. The number of esters is 1. The van der Waals surface area contributed by atoms with E-state index >= 15 is 0 Å². The maximum absolute atomic E-state index is 11.5. The molecule has 1 N–H and O–H groups in total. The van der Waals surface area contributed by atoms with Gasteiger partial charge in [-0.1, -0.05) is 24.3 Å². The van der Waals surface area contributed by atoms with E-state index in [2.05, 4.69) is 16.6 Å². The van der Waals surface area contributed by atoms with Gasteiger partial charge in [0.2, 0.25) is 5.91 Å². The summed E-state index contributed by atoms with van der Waals surface area (Å²) in [7, 11) is 1.26. The van der Waals surface area contributed by atoms with Gasteiger partial charge in [-0.2, -0.15) is 0 Å². The van der Waals surface area contributed by atoms with Gasteiger partial charge >= 0.3 is 5.97 Å². The molecule has 0 fully saturated rings. The number of aryl methyl sites for hydroxylation is 1. The first-order valence-electron chi connectivity index (χ1n) is 5.15. The molecule has 0 aliphatic rings. The van der Waals surface area contributed by atoms with Crippen LogP contribution in [0.5, 0.6) is 0 Å². The van der Waals surface area contributed by atoms with E-state index in [9.17, 15) is 9.59 Å². The van der Waals surface area contributed by atoms with Crippen LogP contribution in [0.1, 0.15) is 12.0 Å². The number of methoxy groups -OCH3 is 1. The zero-order valence-electron chi connectivity index (χ0n) is 9.95. The lowest BCUT2D eigenvalue weighted by Crippen LogP contribution is -2.15. The van der Waals surface area contributed by atoms with Crippen molar-refractivity contribution in [3.63, 3.8) is 0 Å². The summed E-state index contributed by atoms with van der Waals surface area (Å²) in [6, 6.07) is 7.39. The zero-order chi connectivity index (χ0) is 12.8. The number of hydrogen-bond donors (Lipinski definition) is 1. The molecule has 17 heavy (non-hydrogen) atoms. The van der Waals surface area contributed by atoms with Crippen LogP contribution in [0.2, 0.25) is 0 Å². The molecule has 0 aromatic heterocycles. The van der Waals surface area contributed by atoms with Crippen LogP contribution in [0.3, 0.4) is 0 Å². The predicted molar refractivity (Wildman–Crippen MR) is 65.6 cm³/mol. The molecule has 0 saturated heterocycles. The number of rotatable bonds is 4. The number of benzene rings is 1. The first kappa shape index (κ1) is 13.0. The van der Waals surface area contributed by atoms with Crippen LogP contribution in [0.4, 0.5) is 5.69 Å². The van der Waals surface area contributed by atoms with Gasteiger partial charge in [0.05, 0.1) is 13.5 Å². The molecule has 1 amide bonds. The number of nitrogens with one attached hydrogen (secondary N) is 1. The highest BCUT2D eigenvalue weighted by molar-refractivity contribution is 5.99. The Hall–Kier alpha value is -2.10. The summed E-state index contributed by atoms with van der Waals surface area (Å²) < 4.78 is 4.46. The lowest BCUT2D eigenvalue weighted by molar-refractivity contribution is -0.137. The van der Waals surface area contributed by atoms with Gasteiger partial charge < -0.3 is 10.1 Å². The van der Waals surface area contributed by atoms with Gasteiger partial charge in [-0.25, -0.2) is 4.79 Å². The van der Waals surface area contributed by atoms with Crippen LogP contribution in [-0.4, -0.2) is 19.0 Å². The molecule has 0 spiro atoms. The highest BCUT2D eigenvalue weighted by Crippen LogP contribution is 2.10. The Labute approximate surface area is 100 Å². The van der Waals surface area contributed by atoms with E-state index in [1.54, 1.807) is 12.1 Å². The summed E-state index contributed by atoms with van der Waals surface area (Å²) in [5.74, 6) is -0.853. The number of amides is 1. The third kappa shape index (κ3) is 4.10. The smallest absolute Gasteiger partial charge is 0.333 e. The molecule has 1 aromatic carbocycles. The molecular formula is C13H15NO3. The molecule has 4 nitrogen and oxygen atoms in total. The molecule has 90 valence electrons. The normalized spacial score (nSPS) is 9.53. The highest BCUT2D eigenvalue weighted by Gasteiger charge is 2.11. The lowest BCUT2D eigenvalue weighted by Gasteiger charge is -2.06. The Bertz CT molecular complexity index is 434. The largest absolute Gasteiger partial charge is 0.466 e. The Balaban J connectivity index is 2.53. The molecular weight excluding hydrogens is 218 g/mol. The lowest BCUT2D eigenvalue weighted by atomic mass is 10.2. The Morgan fingerprint density at radius 2 is 1.88 bits per heavy atom. The molecule has 1 rings (SSSR count). The van der Waals surface area contributed by atoms with Crippen molar-refractivity contribution in [2.24, 2.45) is 0 Å². The standard InChI is InChI=1S/C13H15NO3/c1-9-4-6-11(7-5-9)14-12(15)8-10(2)13(16)17-3/h4-7H,2,8H2,1,3H3,(H,14,15). The summed E-state index contributed by atoms with van der Waals surface area (Å²) in [4.78, 5) is 22.6. The molecule has 1 aromatic rings.